The molecule has 0 spiro atoms. The average molecular weight is 194 g/mol. The van der Waals surface area contributed by atoms with Gasteiger partial charge >= 0.3 is 5.97 Å². The number of nitrogens with zero attached hydrogens (tertiary/aromatic N) is 3. The number of hydrogen-bond acceptors (Lipinski definition) is 5. The van der Waals surface area contributed by atoms with Crippen LogP contribution in [0.25, 0.3) is 0 Å². The van der Waals surface area contributed by atoms with E-state index in [9.17, 15) is 4.79 Å². The Labute approximate surface area is 80.9 Å². The van der Waals surface area contributed by atoms with E-state index in [1.807, 2.05) is 6.07 Å². The molecule has 0 bridgehead atoms. The summed E-state index contributed by atoms with van der Waals surface area (Å²) in [6.07, 6.45) is 1.63. The quantitative estimate of drug-likeness (QED) is 0.692. The van der Waals surface area contributed by atoms with Crippen LogP contribution in [0.2, 0.25) is 0 Å². The van der Waals surface area contributed by atoms with E-state index in [-0.39, 0.29) is 11.4 Å². The van der Waals surface area contributed by atoms with Crippen LogP contribution in [-0.4, -0.2) is 22.9 Å². The molecule has 1 aromatic heterocycles. The lowest BCUT2D eigenvalue weighted by Crippen LogP contribution is -2.08. The summed E-state index contributed by atoms with van der Waals surface area (Å²) in [4.78, 5) is 11.1. The van der Waals surface area contributed by atoms with E-state index in [0.29, 0.717) is 13.0 Å². The largest absolute Gasteiger partial charge is 0.465 e. The number of aromatic nitrogens is 2. The second kappa shape index (κ2) is 4.28. The zero-order valence-electron chi connectivity index (χ0n) is 7.73. The Kier molecular flexibility index (Phi) is 3.07. The molecular weight excluding hydrogens is 184 g/mol. The predicted molar refractivity (Wildman–Crippen MR) is 48.2 cm³/mol. The standard InChI is InChI=1S/C8H10N4O2/c1-14-8(13)6-5-11-12(7(6)10)4-2-3-9/h5H,2,4,10H2,1H3. The second-order valence-electron chi connectivity index (χ2n) is 2.57. The lowest BCUT2D eigenvalue weighted by atomic mass is 10.3. The van der Waals surface area contributed by atoms with Gasteiger partial charge in [-0.3, -0.25) is 0 Å². The number of nitriles is 1. The van der Waals surface area contributed by atoms with Gasteiger partial charge < -0.3 is 10.5 Å². The van der Waals surface area contributed by atoms with Gasteiger partial charge in [0.2, 0.25) is 0 Å². The highest BCUT2D eigenvalue weighted by Gasteiger charge is 2.14. The molecular formula is C8H10N4O2. The summed E-state index contributed by atoms with van der Waals surface area (Å²) < 4.78 is 5.90. The Morgan fingerprint density at radius 2 is 2.57 bits per heavy atom. The molecule has 1 heterocycles. The third kappa shape index (κ3) is 1.82. The summed E-state index contributed by atoms with van der Waals surface area (Å²) in [6, 6.07) is 1.96. The van der Waals surface area contributed by atoms with Crippen molar-refractivity contribution in [2.24, 2.45) is 0 Å². The molecule has 0 amide bonds. The molecule has 2 N–H and O–H groups in total. The summed E-state index contributed by atoms with van der Waals surface area (Å²) in [5, 5.41) is 12.2. The first-order valence-electron chi connectivity index (χ1n) is 3.97. The molecule has 0 fully saturated rings. The van der Waals surface area contributed by atoms with Gasteiger partial charge in [0.05, 0.1) is 32.3 Å². The maximum absolute atomic E-state index is 11.1. The maximum atomic E-state index is 11.1. The van der Waals surface area contributed by atoms with E-state index in [1.54, 1.807) is 0 Å². The molecule has 0 aliphatic rings. The first-order valence-corrected chi connectivity index (χ1v) is 3.97. The van der Waals surface area contributed by atoms with Crippen LogP contribution in [0.15, 0.2) is 6.20 Å². The molecule has 1 aromatic rings. The Balaban J connectivity index is 2.86. The van der Waals surface area contributed by atoms with Gasteiger partial charge in [0, 0.05) is 0 Å². The van der Waals surface area contributed by atoms with Gasteiger partial charge in [-0.15, -0.1) is 0 Å². The third-order valence-electron chi connectivity index (χ3n) is 1.72. The number of nitrogen functional groups attached to an aromatic ring is 1. The van der Waals surface area contributed by atoms with E-state index >= 15 is 0 Å². The van der Waals surface area contributed by atoms with Crippen LogP contribution in [0.1, 0.15) is 16.8 Å². The number of hydrogen-bond donors (Lipinski definition) is 1. The van der Waals surface area contributed by atoms with Gasteiger partial charge in [-0.25, -0.2) is 9.48 Å². The zero-order chi connectivity index (χ0) is 10.6. The molecule has 1 rings (SSSR count). The van der Waals surface area contributed by atoms with Crippen molar-refractivity contribution in [2.75, 3.05) is 12.8 Å². The van der Waals surface area contributed by atoms with Crippen LogP contribution in [0.5, 0.6) is 0 Å². The summed E-state index contributed by atoms with van der Waals surface area (Å²) in [5.41, 5.74) is 5.84. The number of nitrogens with two attached hydrogens (primary N) is 1. The first-order chi connectivity index (χ1) is 6.70. The van der Waals surface area contributed by atoms with Crippen LogP contribution in [0.3, 0.4) is 0 Å². The number of rotatable bonds is 3. The van der Waals surface area contributed by atoms with Crippen molar-refractivity contribution in [1.29, 1.82) is 5.26 Å². The highest BCUT2D eigenvalue weighted by Crippen LogP contribution is 2.12. The van der Waals surface area contributed by atoms with Crippen molar-refractivity contribution in [1.82, 2.24) is 9.78 Å². The summed E-state index contributed by atoms with van der Waals surface area (Å²) in [6.45, 7) is 0.374. The van der Waals surface area contributed by atoms with E-state index in [1.165, 1.54) is 18.0 Å². The summed E-state index contributed by atoms with van der Waals surface area (Å²) in [5.74, 6) is -0.294. The second-order valence-corrected chi connectivity index (χ2v) is 2.57. The Morgan fingerprint density at radius 3 is 3.14 bits per heavy atom. The first kappa shape index (κ1) is 10.1. The SMILES string of the molecule is COC(=O)c1cnn(CCC#N)c1N. The predicted octanol–water partition coefficient (Wildman–Crippen LogP) is 0.166. The van der Waals surface area contributed by atoms with Crippen LogP contribution in [0.4, 0.5) is 5.82 Å². The summed E-state index contributed by atoms with van der Waals surface area (Å²) in [7, 11) is 1.27. The molecule has 0 radical (unpaired) electrons. The molecule has 0 aliphatic carbocycles. The zero-order valence-corrected chi connectivity index (χ0v) is 7.73. The molecule has 14 heavy (non-hydrogen) atoms. The van der Waals surface area contributed by atoms with Crippen molar-refractivity contribution >= 4 is 11.8 Å². The number of carbonyl (C=O) groups excluding carboxylic acids is 1. The van der Waals surface area contributed by atoms with E-state index < -0.39 is 5.97 Å². The number of anilines is 1. The van der Waals surface area contributed by atoms with Crippen LogP contribution < -0.4 is 5.73 Å². The molecule has 0 atom stereocenters. The van der Waals surface area contributed by atoms with Gasteiger partial charge in [0.15, 0.2) is 0 Å². The number of methoxy groups -OCH3 is 1. The number of esters is 1. The molecule has 6 nitrogen and oxygen atoms in total. The minimum Gasteiger partial charge on any atom is -0.465 e. The topological polar surface area (TPSA) is 93.9 Å². The third-order valence-corrected chi connectivity index (χ3v) is 1.72. The fourth-order valence-corrected chi connectivity index (χ4v) is 0.996. The molecule has 0 aromatic carbocycles. The van der Waals surface area contributed by atoms with E-state index in [4.69, 9.17) is 11.0 Å². The van der Waals surface area contributed by atoms with Crippen molar-refractivity contribution in [3.63, 3.8) is 0 Å². The van der Waals surface area contributed by atoms with Crippen molar-refractivity contribution < 1.29 is 9.53 Å². The normalized spacial score (nSPS) is 9.43. The fraction of sp³-hybridized carbons (Fsp3) is 0.375. The van der Waals surface area contributed by atoms with E-state index in [0.717, 1.165) is 0 Å². The molecule has 0 aliphatic heterocycles. The van der Waals surface area contributed by atoms with Crippen molar-refractivity contribution in [2.45, 2.75) is 13.0 Å². The minimum absolute atomic E-state index is 0.227. The number of ether oxygens (including phenoxy) is 1. The molecule has 0 unspecified atom stereocenters. The molecule has 74 valence electrons. The molecule has 6 heteroatoms. The van der Waals surface area contributed by atoms with Gasteiger partial charge in [0.25, 0.3) is 0 Å². The van der Waals surface area contributed by atoms with Crippen molar-refractivity contribution in [3.05, 3.63) is 11.8 Å². The Hall–Kier alpha value is -2.03. The average Bonchev–Trinajstić information content (AvgIpc) is 2.56. The lowest BCUT2D eigenvalue weighted by molar-refractivity contribution is 0.0602. The minimum atomic E-state index is -0.522. The smallest absolute Gasteiger partial charge is 0.343 e. The van der Waals surface area contributed by atoms with Crippen LogP contribution in [0, 0.1) is 11.3 Å². The molecule has 0 saturated carbocycles. The highest BCUT2D eigenvalue weighted by molar-refractivity contribution is 5.93. The number of aryl methyl sites for hydroxylation is 1. The van der Waals surface area contributed by atoms with E-state index in [2.05, 4.69) is 9.84 Å². The Bertz CT molecular complexity index is 377. The van der Waals surface area contributed by atoms with Gasteiger partial charge in [-0.05, 0) is 0 Å². The summed E-state index contributed by atoms with van der Waals surface area (Å²) >= 11 is 0. The highest BCUT2D eigenvalue weighted by atomic mass is 16.5. The fourth-order valence-electron chi connectivity index (χ4n) is 0.996. The number of carbonyl (C=O) groups is 1. The van der Waals surface area contributed by atoms with Gasteiger partial charge in [0.1, 0.15) is 11.4 Å². The molecule has 0 saturated heterocycles. The Morgan fingerprint density at radius 1 is 1.86 bits per heavy atom. The maximum Gasteiger partial charge on any atom is 0.343 e. The monoisotopic (exact) mass is 194 g/mol. The van der Waals surface area contributed by atoms with Crippen LogP contribution >= 0.6 is 0 Å². The van der Waals surface area contributed by atoms with Gasteiger partial charge in [-0.1, -0.05) is 0 Å². The lowest BCUT2D eigenvalue weighted by Gasteiger charge is -2.00. The van der Waals surface area contributed by atoms with Crippen LogP contribution in [-0.2, 0) is 11.3 Å². The van der Waals surface area contributed by atoms with Gasteiger partial charge in [-0.2, -0.15) is 10.4 Å². The van der Waals surface area contributed by atoms with Crippen molar-refractivity contribution in [3.8, 4) is 6.07 Å².